The molecule has 1 aliphatic carbocycles. The molecule has 1 saturated carbocycles. The largest absolute Gasteiger partial charge is 0.298 e. The molecule has 0 bridgehead atoms. The van der Waals surface area contributed by atoms with Gasteiger partial charge in [0.1, 0.15) is 26.8 Å². The van der Waals surface area contributed by atoms with Crippen LogP contribution in [0.5, 0.6) is 0 Å². The first-order valence-electron chi connectivity index (χ1n) is 11.4. The van der Waals surface area contributed by atoms with Gasteiger partial charge in [0.05, 0.1) is 11.1 Å². The van der Waals surface area contributed by atoms with E-state index in [2.05, 4.69) is 9.88 Å². The van der Waals surface area contributed by atoms with Crippen LogP contribution in [-0.2, 0) is 15.8 Å². The van der Waals surface area contributed by atoms with Crippen molar-refractivity contribution in [3.63, 3.8) is 0 Å². The van der Waals surface area contributed by atoms with E-state index in [1.54, 1.807) is 11.8 Å². The average molecular weight is 495 g/mol. The molecule has 3 fully saturated rings. The molecule has 1 unspecified atom stereocenters. The summed E-state index contributed by atoms with van der Waals surface area (Å²) in [5.74, 6) is -0.563. The second kappa shape index (κ2) is 8.79. The number of anilines is 1. The third-order valence-corrected chi connectivity index (χ3v) is 9.89. The Labute approximate surface area is 198 Å². The third-order valence-electron chi connectivity index (χ3n) is 7.51. The number of carbonyl (C=O) groups excluding carboxylic acids is 1. The maximum absolute atomic E-state index is 14.2. The van der Waals surface area contributed by atoms with Gasteiger partial charge < -0.3 is 0 Å². The number of nitrogens with two attached hydrogens (primary N) is 1. The van der Waals surface area contributed by atoms with Crippen molar-refractivity contribution in [3.05, 3.63) is 41.1 Å². The molecule has 2 saturated heterocycles. The molecule has 33 heavy (non-hydrogen) atoms. The minimum atomic E-state index is -1.61. The smallest absolute Gasteiger partial charge is 0.237 e. The number of halogens is 2. The Morgan fingerprint density at radius 1 is 1.21 bits per heavy atom. The number of aryl methyl sites for hydroxylation is 1. The lowest BCUT2D eigenvalue weighted by molar-refractivity contribution is -0.145. The Morgan fingerprint density at radius 3 is 2.61 bits per heavy atom. The molecule has 3 aliphatic rings. The number of nitrogens with zero attached hydrogens (tertiary/aromatic N) is 3. The lowest BCUT2D eigenvalue weighted by Gasteiger charge is -2.56. The molecule has 1 atom stereocenters. The van der Waals surface area contributed by atoms with Crippen LogP contribution in [0.2, 0.25) is 0 Å². The van der Waals surface area contributed by atoms with Crippen LogP contribution in [0.15, 0.2) is 22.4 Å². The van der Waals surface area contributed by atoms with Crippen LogP contribution < -0.4 is 10.0 Å². The Hall–Kier alpha value is -1.75. The zero-order valence-corrected chi connectivity index (χ0v) is 20.2. The fourth-order valence-corrected chi connectivity index (χ4v) is 7.50. The molecule has 10 heteroatoms. The van der Waals surface area contributed by atoms with Crippen LogP contribution in [0.1, 0.15) is 55.7 Å². The van der Waals surface area contributed by atoms with E-state index in [4.69, 9.17) is 5.14 Å². The summed E-state index contributed by atoms with van der Waals surface area (Å²) in [6.07, 6.45) is 5.27. The highest BCUT2D eigenvalue weighted by molar-refractivity contribution is 7.85. The highest BCUT2D eigenvalue weighted by Gasteiger charge is 2.54. The zero-order valence-electron chi connectivity index (χ0n) is 18.6. The van der Waals surface area contributed by atoms with E-state index in [0.29, 0.717) is 33.2 Å². The quantitative estimate of drug-likeness (QED) is 0.700. The molecule has 3 heterocycles. The Bertz CT molecular complexity index is 1090. The molecule has 1 aromatic carbocycles. The minimum absolute atomic E-state index is 0.0504. The first kappa shape index (κ1) is 23.0. The molecule has 2 N–H and O–H groups in total. The van der Waals surface area contributed by atoms with Crippen LogP contribution in [0.4, 0.5) is 13.9 Å². The Balaban J connectivity index is 1.21. The summed E-state index contributed by atoms with van der Waals surface area (Å²) >= 11 is 1.24. The highest BCUT2D eigenvalue weighted by Crippen LogP contribution is 2.46. The summed E-state index contributed by atoms with van der Waals surface area (Å²) in [7, 11) is -1.61. The van der Waals surface area contributed by atoms with E-state index in [0.717, 1.165) is 57.7 Å². The number of piperidine rings is 1. The van der Waals surface area contributed by atoms with Crippen LogP contribution in [0, 0.1) is 24.0 Å². The van der Waals surface area contributed by atoms with Crippen molar-refractivity contribution >= 4 is 33.4 Å². The van der Waals surface area contributed by atoms with Crippen LogP contribution in [0.3, 0.4) is 0 Å². The molecule has 0 radical (unpaired) electrons. The van der Waals surface area contributed by atoms with E-state index in [1.807, 2.05) is 0 Å². The van der Waals surface area contributed by atoms with Gasteiger partial charge in [-0.05, 0) is 75.1 Å². The number of amides is 1. The fraction of sp³-hybridized carbons (Fsp3) is 0.565. The fourth-order valence-electron chi connectivity index (χ4n) is 5.79. The van der Waals surface area contributed by atoms with Crippen LogP contribution in [-0.4, -0.2) is 45.7 Å². The predicted octanol–water partition coefficient (Wildman–Crippen LogP) is 3.87. The van der Waals surface area contributed by atoms with Gasteiger partial charge >= 0.3 is 0 Å². The van der Waals surface area contributed by atoms with E-state index in [1.165, 1.54) is 23.5 Å². The number of thiazole rings is 1. The lowest BCUT2D eigenvalue weighted by atomic mass is 9.70. The summed E-state index contributed by atoms with van der Waals surface area (Å²) in [5, 5.41) is 6.12. The first-order chi connectivity index (χ1) is 15.8. The van der Waals surface area contributed by atoms with Crippen molar-refractivity contribution in [2.24, 2.45) is 10.6 Å². The molecule has 178 valence electrons. The summed E-state index contributed by atoms with van der Waals surface area (Å²) < 4.78 is 40.0. The van der Waals surface area contributed by atoms with E-state index in [9.17, 15) is 17.8 Å². The number of benzene rings is 1. The number of hydrogen-bond acceptors (Lipinski definition) is 5. The number of hydrogen-bond donors (Lipinski definition) is 1. The molecular weight excluding hydrogens is 466 g/mol. The Morgan fingerprint density at radius 2 is 1.94 bits per heavy atom. The SMILES string of the molecule is Cc1nc(N2CCCC3(CN(C4CCC(c5cc(F)ccc5F)CC4)C3)C2=O)sc1S(N)=O. The second-order valence-corrected chi connectivity index (χ2v) is 11.8. The number of likely N-dealkylation sites (tertiary alicyclic amines) is 1. The van der Waals surface area contributed by atoms with Crippen LogP contribution in [0.25, 0.3) is 0 Å². The second-order valence-electron chi connectivity index (χ2n) is 9.58. The van der Waals surface area contributed by atoms with Gasteiger partial charge in [-0.15, -0.1) is 0 Å². The van der Waals surface area contributed by atoms with Gasteiger partial charge in [0.15, 0.2) is 5.13 Å². The summed E-state index contributed by atoms with van der Waals surface area (Å²) in [4.78, 5) is 22.0. The maximum atomic E-state index is 14.2. The van der Waals surface area contributed by atoms with Gasteiger partial charge in [0, 0.05) is 25.7 Å². The maximum Gasteiger partial charge on any atom is 0.237 e. The van der Waals surface area contributed by atoms with Gasteiger partial charge in [-0.2, -0.15) is 0 Å². The lowest BCUT2D eigenvalue weighted by Crippen LogP contribution is -2.68. The minimum Gasteiger partial charge on any atom is -0.298 e. The molecule has 2 aliphatic heterocycles. The van der Waals surface area contributed by atoms with Crippen molar-refractivity contribution in [2.45, 2.75) is 61.6 Å². The van der Waals surface area contributed by atoms with Gasteiger partial charge in [0.2, 0.25) is 5.91 Å². The summed E-state index contributed by atoms with van der Waals surface area (Å²) in [5.41, 5.74) is 0.721. The van der Waals surface area contributed by atoms with Gasteiger partial charge in [-0.3, -0.25) is 14.6 Å². The van der Waals surface area contributed by atoms with E-state index in [-0.39, 0.29) is 28.9 Å². The molecule has 2 aromatic rings. The van der Waals surface area contributed by atoms with Crippen molar-refractivity contribution < 1.29 is 17.8 Å². The molecule has 6 nitrogen and oxygen atoms in total. The van der Waals surface area contributed by atoms with Crippen LogP contribution >= 0.6 is 11.3 Å². The van der Waals surface area contributed by atoms with Crippen molar-refractivity contribution in [1.29, 1.82) is 0 Å². The highest BCUT2D eigenvalue weighted by atomic mass is 32.2. The molecule has 5 rings (SSSR count). The molecule has 1 aromatic heterocycles. The summed E-state index contributed by atoms with van der Waals surface area (Å²) in [6.45, 7) is 3.84. The standard InChI is InChI=1S/C23H28F2N4O2S2/c1-14-20(33(26)31)32-22(27-14)29-10-2-9-23(21(29)30)12-28(13-23)17-6-3-15(4-7-17)18-11-16(24)5-8-19(18)25/h5,8,11,15,17H,2-4,6-7,9-10,12-13,26H2,1H3. The Kier molecular flexibility index (Phi) is 6.13. The first-order valence-corrected chi connectivity index (χ1v) is 13.4. The van der Waals surface area contributed by atoms with Gasteiger partial charge in [-0.1, -0.05) is 11.3 Å². The van der Waals surface area contributed by atoms with Crippen molar-refractivity contribution in [3.8, 4) is 0 Å². The van der Waals surface area contributed by atoms with Gasteiger partial charge in [-0.25, -0.2) is 23.1 Å². The number of aromatic nitrogens is 1. The normalized spacial score (nSPS) is 26.4. The zero-order chi connectivity index (χ0) is 23.3. The molecule has 1 amide bonds. The number of rotatable bonds is 4. The predicted molar refractivity (Wildman–Crippen MR) is 124 cm³/mol. The number of carbonyl (C=O) groups is 1. The van der Waals surface area contributed by atoms with Gasteiger partial charge in [0.25, 0.3) is 0 Å². The summed E-state index contributed by atoms with van der Waals surface area (Å²) in [6, 6.07) is 4.09. The van der Waals surface area contributed by atoms with Crippen molar-refractivity contribution in [1.82, 2.24) is 9.88 Å². The van der Waals surface area contributed by atoms with E-state index < -0.39 is 11.0 Å². The van der Waals surface area contributed by atoms with E-state index >= 15 is 0 Å². The third kappa shape index (κ3) is 4.15. The molecule has 1 spiro atoms. The monoisotopic (exact) mass is 494 g/mol. The van der Waals surface area contributed by atoms with Crippen molar-refractivity contribution in [2.75, 3.05) is 24.5 Å². The molecular formula is C23H28F2N4O2S2. The average Bonchev–Trinajstić information content (AvgIpc) is 3.16. The topological polar surface area (TPSA) is 79.5 Å².